The third kappa shape index (κ3) is 6.37. The van der Waals surface area contributed by atoms with Crippen molar-refractivity contribution in [3.05, 3.63) is 48.0 Å². The Labute approximate surface area is 171 Å². The number of anilines is 2. The topological polar surface area (TPSA) is 103 Å². The Hall–Kier alpha value is -2.78. The number of sulfonamides is 1. The number of benzene rings is 2. The van der Waals surface area contributed by atoms with E-state index in [0.717, 1.165) is 0 Å². The lowest BCUT2D eigenvalue weighted by Gasteiger charge is -2.15. The number of methoxy groups -OCH3 is 2. The molecule has 0 fully saturated rings. The molecule has 0 aliphatic heterocycles. The second-order valence-electron chi connectivity index (χ2n) is 6.01. The Kier molecular flexibility index (Phi) is 8.29. The average molecular weight is 423 g/mol. The molecule has 9 heteroatoms. The minimum absolute atomic E-state index is 0.0485. The highest BCUT2D eigenvalue weighted by Crippen LogP contribution is 2.26. The molecule has 2 N–H and O–H groups in total. The molecule has 2 aromatic rings. The molecule has 0 saturated heterocycles. The van der Waals surface area contributed by atoms with E-state index >= 15 is 0 Å². The summed E-state index contributed by atoms with van der Waals surface area (Å²) < 4.78 is 43.6. The van der Waals surface area contributed by atoms with E-state index in [2.05, 4.69) is 10.0 Å². The van der Waals surface area contributed by atoms with E-state index in [1.807, 2.05) is 6.92 Å². The molecule has 2 rings (SSSR count). The molecule has 0 saturated carbocycles. The lowest BCUT2D eigenvalue weighted by atomic mass is 10.2. The molecule has 0 amide bonds. The highest BCUT2D eigenvalue weighted by molar-refractivity contribution is 7.92. The van der Waals surface area contributed by atoms with Crippen molar-refractivity contribution in [2.45, 2.75) is 18.2 Å². The summed E-state index contributed by atoms with van der Waals surface area (Å²) in [6.07, 6.45) is 0.706. The molecule has 0 spiro atoms. The first-order valence-corrected chi connectivity index (χ1v) is 10.6. The fourth-order valence-electron chi connectivity index (χ4n) is 2.55. The van der Waals surface area contributed by atoms with Gasteiger partial charge in [0.25, 0.3) is 10.0 Å². The third-order valence-electron chi connectivity index (χ3n) is 4.02. The molecule has 0 atom stereocenters. The molecule has 0 radical (unpaired) electrons. The highest BCUT2D eigenvalue weighted by Gasteiger charge is 2.21. The minimum atomic E-state index is -3.97. The van der Waals surface area contributed by atoms with Crippen LogP contribution in [0.25, 0.3) is 0 Å². The van der Waals surface area contributed by atoms with Crippen molar-refractivity contribution in [3.63, 3.8) is 0 Å². The van der Waals surface area contributed by atoms with Crippen LogP contribution in [-0.2, 0) is 19.5 Å². The zero-order valence-electron chi connectivity index (χ0n) is 16.7. The van der Waals surface area contributed by atoms with E-state index in [1.54, 1.807) is 30.3 Å². The first kappa shape index (κ1) is 22.5. The van der Waals surface area contributed by atoms with Crippen molar-refractivity contribution in [2.75, 3.05) is 44.0 Å². The number of hydrogen-bond acceptors (Lipinski definition) is 7. The number of hydrogen-bond donors (Lipinski definition) is 2. The van der Waals surface area contributed by atoms with Gasteiger partial charge in [0.2, 0.25) is 0 Å². The zero-order valence-corrected chi connectivity index (χ0v) is 17.5. The van der Waals surface area contributed by atoms with Crippen LogP contribution in [0.3, 0.4) is 0 Å². The molecule has 0 aliphatic carbocycles. The molecule has 0 unspecified atom stereocenters. The summed E-state index contributed by atoms with van der Waals surface area (Å²) in [6, 6.07) is 10.8. The van der Waals surface area contributed by atoms with Gasteiger partial charge in [0.15, 0.2) is 0 Å². The van der Waals surface area contributed by atoms with Gasteiger partial charge in [-0.1, -0.05) is 0 Å². The maximum Gasteiger partial charge on any atom is 0.337 e. The van der Waals surface area contributed by atoms with Gasteiger partial charge in [-0.05, 0) is 55.8 Å². The number of nitrogens with one attached hydrogen (secondary N) is 2. The number of esters is 1. The first-order chi connectivity index (χ1) is 13.9. The number of carbonyl (C=O) groups excluding carboxylic acids is 1. The van der Waals surface area contributed by atoms with Crippen LogP contribution in [0, 0.1) is 0 Å². The Balaban J connectivity index is 2.29. The van der Waals surface area contributed by atoms with Crippen LogP contribution in [0.4, 0.5) is 11.4 Å². The molecule has 0 aliphatic rings. The Bertz CT molecular complexity index is 913. The van der Waals surface area contributed by atoms with Gasteiger partial charge in [-0.3, -0.25) is 4.72 Å². The van der Waals surface area contributed by atoms with Crippen LogP contribution in [0.2, 0.25) is 0 Å². The summed E-state index contributed by atoms with van der Waals surface area (Å²) in [5.41, 5.74) is 0.897. The summed E-state index contributed by atoms with van der Waals surface area (Å²) in [7, 11) is -1.20. The fourth-order valence-corrected chi connectivity index (χ4v) is 3.81. The zero-order chi connectivity index (χ0) is 21.3. The van der Waals surface area contributed by atoms with Crippen LogP contribution in [0.15, 0.2) is 47.4 Å². The highest BCUT2D eigenvalue weighted by atomic mass is 32.2. The predicted octanol–water partition coefficient (Wildman–Crippen LogP) is 3.12. The van der Waals surface area contributed by atoms with E-state index in [9.17, 15) is 13.2 Å². The van der Waals surface area contributed by atoms with Crippen LogP contribution >= 0.6 is 0 Å². The van der Waals surface area contributed by atoms with Gasteiger partial charge in [-0.2, -0.15) is 0 Å². The standard InChI is InChI=1S/C20H26N2O6S/c1-4-28-13-5-12-21-18-11-6-15(20(23)27-3)14-19(18)29(24,25)22-16-7-9-17(26-2)10-8-16/h6-11,14,21-22H,4-5,12-13H2,1-3H3. The van der Waals surface area contributed by atoms with Crippen molar-refractivity contribution < 1.29 is 27.4 Å². The average Bonchev–Trinajstić information content (AvgIpc) is 2.73. The van der Waals surface area contributed by atoms with Crippen molar-refractivity contribution in [2.24, 2.45) is 0 Å². The monoisotopic (exact) mass is 422 g/mol. The van der Waals surface area contributed by atoms with Gasteiger partial charge in [0.1, 0.15) is 10.6 Å². The summed E-state index contributed by atoms with van der Waals surface area (Å²) in [5.74, 6) is -0.00826. The molecule has 0 aromatic heterocycles. The maximum atomic E-state index is 13.0. The number of ether oxygens (including phenoxy) is 3. The molecule has 158 valence electrons. The summed E-state index contributed by atoms with van der Waals surface area (Å²) in [6.45, 7) is 3.62. The van der Waals surface area contributed by atoms with Gasteiger partial charge in [-0.15, -0.1) is 0 Å². The summed E-state index contributed by atoms with van der Waals surface area (Å²) in [5, 5.41) is 3.10. The Morgan fingerprint density at radius 1 is 1.07 bits per heavy atom. The second kappa shape index (κ2) is 10.7. The lowest BCUT2D eigenvalue weighted by Crippen LogP contribution is -2.17. The van der Waals surface area contributed by atoms with E-state index in [0.29, 0.717) is 43.3 Å². The quantitative estimate of drug-likeness (QED) is 0.424. The fraction of sp³-hybridized carbons (Fsp3) is 0.350. The third-order valence-corrected chi connectivity index (χ3v) is 5.44. The van der Waals surface area contributed by atoms with E-state index in [4.69, 9.17) is 14.2 Å². The molecular weight excluding hydrogens is 396 g/mol. The van der Waals surface area contributed by atoms with Crippen LogP contribution < -0.4 is 14.8 Å². The largest absolute Gasteiger partial charge is 0.497 e. The van der Waals surface area contributed by atoms with Crippen LogP contribution in [0.1, 0.15) is 23.7 Å². The normalized spacial score (nSPS) is 11.0. The second-order valence-corrected chi connectivity index (χ2v) is 7.66. The summed E-state index contributed by atoms with van der Waals surface area (Å²) in [4.78, 5) is 11.8. The molecule has 0 bridgehead atoms. The van der Waals surface area contributed by atoms with E-state index in [-0.39, 0.29) is 10.5 Å². The van der Waals surface area contributed by atoms with Crippen LogP contribution in [0.5, 0.6) is 5.75 Å². The van der Waals surface area contributed by atoms with E-state index in [1.165, 1.54) is 26.4 Å². The number of carbonyl (C=O) groups is 1. The van der Waals surface area contributed by atoms with Gasteiger partial charge < -0.3 is 19.5 Å². The predicted molar refractivity (Wildman–Crippen MR) is 111 cm³/mol. The van der Waals surface area contributed by atoms with Gasteiger partial charge in [0, 0.05) is 25.4 Å². The summed E-state index contributed by atoms with van der Waals surface area (Å²) >= 11 is 0. The van der Waals surface area contributed by atoms with Crippen molar-refractivity contribution in [1.82, 2.24) is 0 Å². The first-order valence-electron chi connectivity index (χ1n) is 9.12. The maximum absolute atomic E-state index is 13.0. The Morgan fingerprint density at radius 2 is 1.79 bits per heavy atom. The van der Waals surface area contributed by atoms with Crippen molar-refractivity contribution >= 4 is 27.4 Å². The van der Waals surface area contributed by atoms with Gasteiger partial charge >= 0.3 is 5.97 Å². The van der Waals surface area contributed by atoms with E-state index < -0.39 is 16.0 Å². The molecule has 29 heavy (non-hydrogen) atoms. The van der Waals surface area contributed by atoms with Crippen molar-refractivity contribution in [3.8, 4) is 5.75 Å². The van der Waals surface area contributed by atoms with Gasteiger partial charge in [0.05, 0.1) is 25.5 Å². The Morgan fingerprint density at radius 3 is 2.41 bits per heavy atom. The SMILES string of the molecule is CCOCCCNc1ccc(C(=O)OC)cc1S(=O)(=O)Nc1ccc(OC)cc1. The van der Waals surface area contributed by atoms with Crippen LogP contribution in [-0.4, -0.2) is 48.4 Å². The molecule has 8 nitrogen and oxygen atoms in total. The molecular formula is C20H26N2O6S. The number of rotatable bonds is 11. The lowest BCUT2D eigenvalue weighted by molar-refractivity contribution is 0.0600. The van der Waals surface area contributed by atoms with Crippen molar-refractivity contribution in [1.29, 1.82) is 0 Å². The smallest absolute Gasteiger partial charge is 0.337 e. The molecule has 0 heterocycles. The molecule has 2 aromatic carbocycles. The van der Waals surface area contributed by atoms with Gasteiger partial charge in [-0.25, -0.2) is 13.2 Å². The minimum Gasteiger partial charge on any atom is -0.497 e.